The molecule has 1 saturated carbocycles. The zero-order valence-electron chi connectivity index (χ0n) is 13.0. The van der Waals surface area contributed by atoms with E-state index in [9.17, 15) is 0 Å². The summed E-state index contributed by atoms with van der Waals surface area (Å²) in [6.45, 7) is 2.56. The summed E-state index contributed by atoms with van der Waals surface area (Å²) in [5, 5.41) is 3.49. The lowest BCUT2D eigenvalue weighted by atomic mass is 9.85. The Balaban J connectivity index is 1.58. The second kappa shape index (κ2) is 7.26. The van der Waals surface area contributed by atoms with Gasteiger partial charge in [0.05, 0.1) is 0 Å². The molecule has 1 aromatic rings. The maximum Gasteiger partial charge on any atom is 0.0330 e. The van der Waals surface area contributed by atoms with Crippen LogP contribution in [0.4, 0.5) is 0 Å². The molecule has 3 rings (SSSR count). The number of benzene rings is 1. The molecule has 3 heteroatoms. The van der Waals surface area contributed by atoms with Crippen molar-refractivity contribution in [2.24, 2.45) is 5.92 Å². The second-order valence-electron chi connectivity index (χ2n) is 6.62. The average Bonchev–Trinajstić information content (AvgIpc) is 2.91. The minimum absolute atomic E-state index is 0.463. The first kappa shape index (κ1) is 15.5. The molecule has 1 aromatic carbocycles. The number of halogens is 1. The summed E-state index contributed by atoms with van der Waals surface area (Å²) >= 11 is 3.58. The van der Waals surface area contributed by atoms with Gasteiger partial charge in [-0.2, -0.15) is 0 Å². The van der Waals surface area contributed by atoms with E-state index in [0.29, 0.717) is 6.04 Å². The highest BCUT2D eigenvalue weighted by Crippen LogP contribution is 2.36. The van der Waals surface area contributed by atoms with E-state index in [-0.39, 0.29) is 0 Å². The Morgan fingerprint density at radius 2 is 2.14 bits per heavy atom. The Bertz CT molecular complexity index is 462. The molecule has 0 amide bonds. The molecule has 1 aliphatic carbocycles. The maximum atomic E-state index is 3.58. The van der Waals surface area contributed by atoms with Gasteiger partial charge in [0.2, 0.25) is 0 Å². The van der Waals surface area contributed by atoms with Gasteiger partial charge in [0.25, 0.3) is 0 Å². The molecule has 21 heavy (non-hydrogen) atoms. The zero-order valence-corrected chi connectivity index (χ0v) is 14.6. The van der Waals surface area contributed by atoms with Gasteiger partial charge in [-0.25, -0.2) is 0 Å². The van der Waals surface area contributed by atoms with Crippen LogP contribution in [0.2, 0.25) is 0 Å². The Morgan fingerprint density at radius 3 is 2.95 bits per heavy atom. The van der Waals surface area contributed by atoms with E-state index in [1.165, 1.54) is 61.7 Å². The highest BCUT2D eigenvalue weighted by molar-refractivity contribution is 9.10. The first-order chi connectivity index (χ1) is 10.3. The maximum absolute atomic E-state index is 3.58. The van der Waals surface area contributed by atoms with Crippen LogP contribution >= 0.6 is 15.9 Å². The number of likely N-dealkylation sites (tertiary alicyclic amines) is 1. The van der Waals surface area contributed by atoms with Crippen molar-refractivity contribution in [3.8, 4) is 0 Å². The third-order valence-corrected chi connectivity index (χ3v) is 5.92. The number of hydrogen-bond donors (Lipinski definition) is 1. The molecule has 116 valence electrons. The number of rotatable bonds is 5. The fourth-order valence-electron chi connectivity index (χ4n) is 4.28. The zero-order chi connectivity index (χ0) is 14.7. The summed E-state index contributed by atoms with van der Waals surface area (Å²) in [5.74, 6) is 0.998. The molecule has 0 spiro atoms. The SMILES string of the molecule is CNC(CCN1CCC2CCCCC21)c1cccc(Br)c1. The van der Waals surface area contributed by atoms with Crippen molar-refractivity contribution in [2.45, 2.75) is 50.6 Å². The van der Waals surface area contributed by atoms with Crippen LogP contribution in [0.5, 0.6) is 0 Å². The standard InChI is InChI=1S/C18H27BrN2/c1-20-17(15-6-4-7-16(19)13-15)10-12-21-11-9-14-5-2-3-8-18(14)21/h4,6-7,13-14,17-18,20H,2-3,5,8-12H2,1H3. The largest absolute Gasteiger partial charge is 0.313 e. The first-order valence-electron chi connectivity index (χ1n) is 8.44. The number of nitrogens with zero attached hydrogens (tertiary/aromatic N) is 1. The fourth-order valence-corrected chi connectivity index (χ4v) is 4.69. The molecule has 1 saturated heterocycles. The molecule has 2 aliphatic rings. The molecule has 0 radical (unpaired) electrons. The van der Waals surface area contributed by atoms with Gasteiger partial charge in [-0.05, 0) is 62.9 Å². The predicted octanol–water partition coefficient (Wildman–Crippen LogP) is 4.36. The van der Waals surface area contributed by atoms with E-state index < -0.39 is 0 Å². The first-order valence-corrected chi connectivity index (χ1v) is 9.24. The van der Waals surface area contributed by atoms with Crippen molar-refractivity contribution < 1.29 is 0 Å². The van der Waals surface area contributed by atoms with E-state index in [0.717, 1.165) is 12.0 Å². The fraction of sp³-hybridized carbons (Fsp3) is 0.667. The molecule has 1 heterocycles. The van der Waals surface area contributed by atoms with Gasteiger partial charge in [0.1, 0.15) is 0 Å². The van der Waals surface area contributed by atoms with Crippen LogP contribution in [0.3, 0.4) is 0 Å². The third kappa shape index (κ3) is 3.69. The van der Waals surface area contributed by atoms with Crippen LogP contribution in [0, 0.1) is 5.92 Å². The molecular formula is C18H27BrN2. The van der Waals surface area contributed by atoms with E-state index in [1.54, 1.807) is 0 Å². The minimum atomic E-state index is 0.463. The van der Waals surface area contributed by atoms with Crippen LogP contribution in [-0.2, 0) is 0 Å². The molecule has 3 unspecified atom stereocenters. The van der Waals surface area contributed by atoms with E-state index in [1.807, 2.05) is 0 Å². The topological polar surface area (TPSA) is 15.3 Å². The summed E-state index contributed by atoms with van der Waals surface area (Å²) in [7, 11) is 2.08. The van der Waals surface area contributed by atoms with Gasteiger partial charge < -0.3 is 10.2 Å². The van der Waals surface area contributed by atoms with E-state index in [2.05, 4.69) is 57.5 Å². The number of hydrogen-bond acceptors (Lipinski definition) is 2. The van der Waals surface area contributed by atoms with E-state index in [4.69, 9.17) is 0 Å². The van der Waals surface area contributed by atoms with Crippen molar-refractivity contribution in [1.82, 2.24) is 10.2 Å². The summed E-state index contributed by atoms with van der Waals surface area (Å²) in [6, 6.07) is 10.1. The third-order valence-electron chi connectivity index (χ3n) is 5.43. The van der Waals surface area contributed by atoms with Crippen LogP contribution < -0.4 is 5.32 Å². The highest BCUT2D eigenvalue weighted by Gasteiger charge is 2.35. The molecule has 1 aliphatic heterocycles. The van der Waals surface area contributed by atoms with Crippen LogP contribution in [0.15, 0.2) is 28.7 Å². The quantitative estimate of drug-likeness (QED) is 0.848. The van der Waals surface area contributed by atoms with Crippen molar-refractivity contribution >= 4 is 15.9 Å². The average molecular weight is 351 g/mol. The monoisotopic (exact) mass is 350 g/mol. The molecule has 0 bridgehead atoms. The normalized spacial score (nSPS) is 27.5. The Hall–Kier alpha value is -0.380. The summed E-state index contributed by atoms with van der Waals surface area (Å²) < 4.78 is 1.17. The van der Waals surface area contributed by atoms with Gasteiger partial charge in [0, 0.05) is 23.1 Å². The smallest absolute Gasteiger partial charge is 0.0330 e. The Labute approximate surface area is 137 Å². The lowest BCUT2D eigenvalue weighted by Gasteiger charge is -2.32. The summed E-state index contributed by atoms with van der Waals surface area (Å²) in [4.78, 5) is 2.77. The molecule has 1 N–H and O–H groups in total. The molecule has 2 nitrogen and oxygen atoms in total. The van der Waals surface area contributed by atoms with Crippen LogP contribution in [0.1, 0.15) is 50.1 Å². The van der Waals surface area contributed by atoms with Gasteiger partial charge in [0.15, 0.2) is 0 Å². The molecule has 2 fully saturated rings. The van der Waals surface area contributed by atoms with Gasteiger partial charge in [-0.3, -0.25) is 0 Å². The molecule has 3 atom stereocenters. The van der Waals surface area contributed by atoms with Gasteiger partial charge in [-0.1, -0.05) is 40.9 Å². The molecular weight excluding hydrogens is 324 g/mol. The summed E-state index contributed by atoms with van der Waals surface area (Å²) in [5.41, 5.74) is 1.39. The van der Waals surface area contributed by atoms with E-state index >= 15 is 0 Å². The van der Waals surface area contributed by atoms with Crippen LogP contribution in [-0.4, -0.2) is 31.1 Å². The number of fused-ring (bicyclic) bond motifs is 1. The minimum Gasteiger partial charge on any atom is -0.313 e. The van der Waals surface area contributed by atoms with Crippen molar-refractivity contribution in [3.63, 3.8) is 0 Å². The van der Waals surface area contributed by atoms with Gasteiger partial charge >= 0.3 is 0 Å². The van der Waals surface area contributed by atoms with Gasteiger partial charge in [-0.15, -0.1) is 0 Å². The lowest BCUT2D eigenvalue weighted by Crippen LogP contribution is -2.36. The Kier molecular flexibility index (Phi) is 5.36. The highest BCUT2D eigenvalue weighted by atomic mass is 79.9. The van der Waals surface area contributed by atoms with Crippen molar-refractivity contribution in [3.05, 3.63) is 34.3 Å². The Morgan fingerprint density at radius 1 is 1.29 bits per heavy atom. The second-order valence-corrected chi connectivity index (χ2v) is 7.54. The summed E-state index contributed by atoms with van der Waals surface area (Å²) in [6.07, 6.45) is 8.46. The number of nitrogens with one attached hydrogen (secondary N) is 1. The van der Waals surface area contributed by atoms with Crippen molar-refractivity contribution in [2.75, 3.05) is 20.1 Å². The van der Waals surface area contributed by atoms with Crippen molar-refractivity contribution in [1.29, 1.82) is 0 Å². The lowest BCUT2D eigenvalue weighted by molar-refractivity contribution is 0.176. The van der Waals surface area contributed by atoms with Crippen LogP contribution in [0.25, 0.3) is 0 Å². The predicted molar refractivity (Wildman–Crippen MR) is 92.5 cm³/mol. The molecule has 0 aromatic heterocycles.